The fraction of sp³-hybridized carbons (Fsp3) is 0.407. The van der Waals surface area contributed by atoms with Crippen LogP contribution in [0.1, 0.15) is 32.3 Å². The van der Waals surface area contributed by atoms with E-state index in [1.165, 1.54) is 29.5 Å². The Morgan fingerprint density at radius 1 is 1.15 bits per heavy atom. The molecular formula is C27H32FN3O3. The van der Waals surface area contributed by atoms with E-state index in [1.807, 2.05) is 0 Å². The van der Waals surface area contributed by atoms with Crippen molar-refractivity contribution in [3.63, 3.8) is 0 Å². The Kier molecular flexibility index (Phi) is 7.63. The number of amides is 2. The molecule has 2 aromatic carbocycles. The fourth-order valence-corrected chi connectivity index (χ4v) is 4.87. The zero-order valence-corrected chi connectivity index (χ0v) is 19.8. The summed E-state index contributed by atoms with van der Waals surface area (Å²) >= 11 is 0. The number of rotatable bonds is 7. The van der Waals surface area contributed by atoms with Gasteiger partial charge in [-0.2, -0.15) is 0 Å². The smallest absolute Gasteiger partial charge is 0.294 e. The molecule has 2 aliphatic heterocycles. The summed E-state index contributed by atoms with van der Waals surface area (Å²) in [7, 11) is 0. The van der Waals surface area contributed by atoms with Gasteiger partial charge in [0.1, 0.15) is 12.4 Å². The predicted octanol–water partition coefficient (Wildman–Crippen LogP) is 4.08. The summed E-state index contributed by atoms with van der Waals surface area (Å²) in [5.74, 6) is 0.879. The summed E-state index contributed by atoms with van der Waals surface area (Å²) in [4.78, 5) is 29.7. The van der Waals surface area contributed by atoms with Crippen LogP contribution in [0.3, 0.4) is 0 Å². The number of carbonyl (C=O) groups is 2. The van der Waals surface area contributed by atoms with Crippen molar-refractivity contribution in [2.45, 2.75) is 26.7 Å². The van der Waals surface area contributed by atoms with Crippen molar-refractivity contribution < 1.29 is 18.7 Å². The molecular weight excluding hydrogens is 433 g/mol. The molecule has 0 unspecified atom stereocenters. The van der Waals surface area contributed by atoms with E-state index in [-0.39, 0.29) is 18.2 Å². The molecule has 0 saturated carbocycles. The highest BCUT2D eigenvalue weighted by molar-refractivity contribution is 6.12. The highest BCUT2D eigenvalue weighted by Crippen LogP contribution is 2.35. The van der Waals surface area contributed by atoms with E-state index in [2.05, 4.69) is 24.1 Å². The number of hydrogen-bond acceptors (Lipinski definition) is 4. The van der Waals surface area contributed by atoms with Crippen molar-refractivity contribution in [1.29, 1.82) is 0 Å². The predicted molar refractivity (Wildman–Crippen MR) is 131 cm³/mol. The molecule has 0 radical (unpaired) electrons. The van der Waals surface area contributed by atoms with E-state index in [9.17, 15) is 14.0 Å². The van der Waals surface area contributed by atoms with Gasteiger partial charge in [0.15, 0.2) is 11.5 Å². The first-order valence-corrected chi connectivity index (χ1v) is 11.9. The van der Waals surface area contributed by atoms with Crippen molar-refractivity contribution in [2.24, 2.45) is 11.8 Å². The number of halogens is 1. The van der Waals surface area contributed by atoms with Gasteiger partial charge in [-0.25, -0.2) is 4.39 Å². The van der Waals surface area contributed by atoms with E-state index >= 15 is 0 Å². The topological polar surface area (TPSA) is 61.9 Å². The SMILES string of the molecule is C[C@@H]1C[C@@H](C)CN(CCCNC(=O)CN2C(=O)/C(=C\c3cccc(F)c3)Oc3ccccc32)C1. The average molecular weight is 466 g/mol. The van der Waals surface area contributed by atoms with Crippen molar-refractivity contribution in [2.75, 3.05) is 37.6 Å². The Morgan fingerprint density at radius 2 is 1.91 bits per heavy atom. The van der Waals surface area contributed by atoms with Crippen LogP contribution in [-0.2, 0) is 9.59 Å². The highest BCUT2D eigenvalue weighted by Gasteiger charge is 2.31. The van der Waals surface area contributed by atoms with Crippen molar-refractivity contribution >= 4 is 23.6 Å². The second-order valence-corrected chi connectivity index (χ2v) is 9.43. The molecule has 6 nitrogen and oxygen atoms in total. The van der Waals surface area contributed by atoms with Crippen molar-refractivity contribution in [1.82, 2.24) is 10.2 Å². The number of nitrogens with zero attached hydrogens (tertiary/aromatic N) is 2. The summed E-state index contributed by atoms with van der Waals surface area (Å²) in [6, 6.07) is 13.0. The number of benzene rings is 2. The lowest BCUT2D eigenvalue weighted by Gasteiger charge is -2.35. The first-order chi connectivity index (χ1) is 16.4. The standard InChI is InChI=1S/C27H32FN3O3/c1-19-13-20(2)17-30(16-19)12-6-11-29-26(32)18-31-23-9-3-4-10-24(23)34-25(27(31)33)15-21-7-5-8-22(28)14-21/h3-5,7-10,14-15,19-20H,6,11-13,16-18H2,1-2H3,(H,29,32)/b25-15+/t19-,20-/m1/s1. The van der Waals surface area contributed by atoms with E-state index in [1.54, 1.807) is 36.4 Å². The van der Waals surface area contributed by atoms with Crippen LogP contribution in [0.4, 0.5) is 10.1 Å². The van der Waals surface area contributed by atoms with Crippen LogP contribution in [-0.4, -0.2) is 49.4 Å². The maximum Gasteiger partial charge on any atom is 0.294 e. The van der Waals surface area contributed by atoms with Gasteiger partial charge in [0.2, 0.25) is 5.91 Å². The molecule has 1 N–H and O–H groups in total. The first kappa shape index (κ1) is 24.0. The molecule has 180 valence electrons. The maximum absolute atomic E-state index is 13.6. The summed E-state index contributed by atoms with van der Waals surface area (Å²) in [5.41, 5.74) is 1.05. The van der Waals surface area contributed by atoms with Gasteiger partial charge in [0.25, 0.3) is 5.91 Å². The lowest BCUT2D eigenvalue weighted by atomic mass is 9.92. The van der Waals surface area contributed by atoms with Gasteiger partial charge < -0.3 is 15.0 Å². The van der Waals surface area contributed by atoms with Gasteiger partial charge in [-0.3, -0.25) is 14.5 Å². The van der Waals surface area contributed by atoms with E-state index in [4.69, 9.17) is 4.74 Å². The minimum atomic E-state index is -0.436. The van der Waals surface area contributed by atoms with Crippen molar-refractivity contribution in [3.05, 3.63) is 65.7 Å². The van der Waals surface area contributed by atoms with Gasteiger partial charge in [0, 0.05) is 19.6 Å². The third kappa shape index (κ3) is 6.03. The zero-order valence-electron chi connectivity index (χ0n) is 19.8. The average Bonchev–Trinajstić information content (AvgIpc) is 2.79. The Balaban J connectivity index is 1.38. The van der Waals surface area contributed by atoms with Crippen LogP contribution in [0.15, 0.2) is 54.3 Å². The van der Waals surface area contributed by atoms with E-state index < -0.39 is 11.7 Å². The van der Waals surface area contributed by atoms with E-state index in [0.717, 1.165) is 26.1 Å². The number of nitrogens with one attached hydrogen (secondary N) is 1. The molecule has 0 spiro atoms. The van der Waals surface area contributed by atoms with E-state index in [0.29, 0.717) is 35.4 Å². The number of ether oxygens (including phenoxy) is 1. The normalized spacial score (nSPS) is 21.8. The largest absolute Gasteiger partial charge is 0.449 e. The van der Waals surface area contributed by atoms with Gasteiger partial charge in [-0.1, -0.05) is 38.1 Å². The molecule has 1 fully saturated rings. The molecule has 2 aromatic rings. The van der Waals surface area contributed by atoms with Crippen LogP contribution in [0, 0.1) is 17.7 Å². The Bertz CT molecular complexity index is 1060. The summed E-state index contributed by atoms with van der Waals surface area (Å²) < 4.78 is 19.4. The fourth-order valence-electron chi connectivity index (χ4n) is 4.87. The molecule has 2 amide bonds. The molecule has 34 heavy (non-hydrogen) atoms. The van der Waals surface area contributed by atoms with Gasteiger partial charge >= 0.3 is 0 Å². The summed E-state index contributed by atoms with van der Waals surface area (Å²) in [6.07, 6.45) is 3.63. The van der Waals surface area contributed by atoms with Crippen LogP contribution >= 0.6 is 0 Å². The van der Waals surface area contributed by atoms with Crippen LogP contribution in [0.2, 0.25) is 0 Å². The lowest BCUT2D eigenvalue weighted by Crippen LogP contribution is -2.45. The molecule has 2 heterocycles. The third-order valence-corrected chi connectivity index (χ3v) is 6.20. The van der Waals surface area contributed by atoms with Crippen LogP contribution in [0.25, 0.3) is 6.08 Å². The highest BCUT2D eigenvalue weighted by atomic mass is 19.1. The number of carbonyl (C=O) groups excluding carboxylic acids is 2. The summed E-state index contributed by atoms with van der Waals surface area (Å²) in [5, 5.41) is 2.95. The summed E-state index contributed by atoms with van der Waals surface area (Å²) in [6.45, 7) is 8.20. The zero-order chi connectivity index (χ0) is 24.1. The number of fused-ring (bicyclic) bond motifs is 1. The second-order valence-electron chi connectivity index (χ2n) is 9.43. The second kappa shape index (κ2) is 10.8. The molecule has 2 atom stereocenters. The Labute approximate surface area is 200 Å². The molecule has 4 rings (SSSR count). The monoisotopic (exact) mass is 465 g/mol. The maximum atomic E-state index is 13.6. The minimum absolute atomic E-state index is 0.0467. The molecule has 0 aliphatic carbocycles. The van der Waals surface area contributed by atoms with Crippen LogP contribution < -0.4 is 15.0 Å². The molecule has 0 aromatic heterocycles. The first-order valence-electron chi connectivity index (χ1n) is 11.9. The minimum Gasteiger partial charge on any atom is -0.449 e. The molecule has 1 saturated heterocycles. The van der Waals surface area contributed by atoms with Gasteiger partial charge in [-0.05, 0) is 67.1 Å². The van der Waals surface area contributed by atoms with Gasteiger partial charge in [-0.15, -0.1) is 0 Å². The lowest BCUT2D eigenvalue weighted by molar-refractivity contribution is -0.123. The van der Waals surface area contributed by atoms with Gasteiger partial charge in [0.05, 0.1) is 5.69 Å². The molecule has 2 aliphatic rings. The number of likely N-dealkylation sites (tertiary alicyclic amines) is 1. The molecule has 0 bridgehead atoms. The van der Waals surface area contributed by atoms with Crippen LogP contribution in [0.5, 0.6) is 5.75 Å². The number of hydrogen-bond donors (Lipinski definition) is 1. The number of para-hydroxylation sites is 2. The number of piperidine rings is 1. The quantitative estimate of drug-likeness (QED) is 0.495. The van der Waals surface area contributed by atoms with Crippen molar-refractivity contribution in [3.8, 4) is 5.75 Å². The third-order valence-electron chi connectivity index (χ3n) is 6.20. The molecule has 7 heteroatoms. The Hall–Kier alpha value is -3.19. The number of anilines is 1. The Morgan fingerprint density at radius 3 is 2.68 bits per heavy atom.